The standard InChI is InChI=1S/C15H13Cl2N3O4/c16-8-22-11-1-2-13(23-9-17)12(7-11)15(21)24-20-14(18)10-3-5-19-6-4-10/h1-7H,8-9H2,(H2,18,20). The van der Waals surface area contributed by atoms with Gasteiger partial charge in [0.25, 0.3) is 0 Å². The minimum Gasteiger partial charge on any atom is -0.478 e. The van der Waals surface area contributed by atoms with Gasteiger partial charge >= 0.3 is 5.97 Å². The molecule has 1 heterocycles. The fourth-order valence-corrected chi connectivity index (χ4v) is 1.96. The number of amidine groups is 1. The van der Waals surface area contributed by atoms with Crippen LogP contribution in [-0.4, -0.2) is 28.9 Å². The molecule has 2 aromatic rings. The lowest BCUT2D eigenvalue weighted by molar-refractivity contribution is 0.0511. The van der Waals surface area contributed by atoms with Crippen molar-refractivity contribution >= 4 is 35.0 Å². The lowest BCUT2D eigenvalue weighted by Crippen LogP contribution is -2.15. The van der Waals surface area contributed by atoms with Gasteiger partial charge < -0.3 is 20.0 Å². The maximum Gasteiger partial charge on any atom is 0.369 e. The zero-order valence-corrected chi connectivity index (χ0v) is 13.8. The van der Waals surface area contributed by atoms with E-state index in [2.05, 4.69) is 10.1 Å². The van der Waals surface area contributed by atoms with E-state index in [0.29, 0.717) is 11.3 Å². The second kappa shape index (κ2) is 8.95. The topological polar surface area (TPSA) is 96.0 Å². The second-order valence-corrected chi connectivity index (χ2v) is 4.69. The van der Waals surface area contributed by atoms with Crippen molar-refractivity contribution in [2.75, 3.05) is 12.1 Å². The zero-order chi connectivity index (χ0) is 17.4. The van der Waals surface area contributed by atoms with Crippen LogP contribution in [0.15, 0.2) is 47.9 Å². The van der Waals surface area contributed by atoms with Crippen molar-refractivity contribution in [3.8, 4) is 11.5 Å². The molecule has 0 saturated heterocycles. The summed E-state index contributed by atoms with van der Waals surface area (Å²) < 4.78 is 10.3. The Kier molecular flexibility index (Phi) is 6.65. The molecule has 0 amide bonds. The Morgan fingerprint density at radius 3 is 2.50 bits per heavy atom. The van der Waals surface area contributed by atoms with Crippen LogP contribution in [0, 0.1) is 0 Å². The van der Waals surface area contributed by atoms with Gasteiger partial charge in [-0.2, -0.15) is 0 Å². The van der Waals surface area contributed by atoms with Crippen molar-refractivity contribution in [2.45, 2.75) is 0 Å². The quantitative estimate of drug-likeness (QED) is 0.265. The van der Waals surface area contributed by atoms with Crippen molar-refractivity contribution in [3.05, 3.63) is 53.9 Å². The van der Waals surface area contributed by atoms with Crippen molar-refractivity contribution < 1.29 is 19.1 Å². The summed E-state index contributed by atoms with van der Waals surface area (Å²) in [6.07, 6.45) is 3.08. The number of pyridine rings is 1. The molecule has 0 aliphatic carbocycles. The molecule has 1 aromatic carbocycles. The van der Waals surface area contributed by atoms with Crippen LogP contribution in [0.2, 0.25) is 0 Å². The van der Waals surface area contributed by atoms with E-state index in [0.717, 1.165) is 0 Å². The van der Waals surface area contributed by atoms with E-state index in [1.54, 1.807) is 30.6 Å². The molecule has 0 aliphatic heterocycles. The number of ether oxygens (including phenoxy) is 2. The summed E-state index contributed by atoms with van der Waals surface area (Å²) in [5.41, 5.74) is 6.38. The van der Waals surface area contributed by atoms with Crippen LogP contribution in [0.4, 0.5) is 0 Å². The number of halogens is 2. The van der Waals surface area contributed by atoms with E-state index in [1.165, 1.54) is 12.1 Å². The molecule has 9 heteroatoms. The van der Waals surface area contributed by atoms with Crippen LogP contribution in [0.25, 0.3) is 0 Å². The molecule has 0 aliphatic rings. The molecule has 0 fully saturated rings. The minimum absolute atomic E-state index is 0.0266. The first-order valence-corrected chi connectivity index (χ1v) is 7.69. The molecule has 24 heavy (non-hydrogen) atoms. The normalized spacial score (nSPS) is 11.0. The highest BCUT2D eigenvalue weighted by Crippen LogP contribution is 2.25. The number of aromatic nitrogens is 1. The molecular weight excluding hydrogens is 357 g/mol. The van der Waals surface area contributed by atoms with Crippen molar-refractivity contribution in [1.29, 1.82) is 0 Å². The van der Waals surface area contributed by atoms with Crippen LogP contribution < -0.4 is 15.2 Å². The smallest absolute Gasteiger partial charge is 0.369 e. The van der Waals surface area contributed by atoms with Gasteiger partial charge in [-0.05, 0) is 30.3 Å². The first kappa shape index (κ1) is 17.8. The van der Waals surface area contributed by atoms with Gasteiger partial charge in [0.15, 0.2) is 18.0 Å². The second-order valence-electron chi connectivity index (χ2n) is 4.26. The van der Waals surface area contributed by atoms with Gasteiger partial charge in [-0.25, -0.2) is 4.79 Å². The Labute approximate surface area is 147 Å². The average Bonchev–Trinajstić information content (AvgIpc) is 2.62. The molecular formula is C15H13Cl2N3O4. The van der Waals surface area contributed by atoms with E-state index < -0.39 is 5.97 Å². The Balaban J connectivity index is 2.20. The average molecular weight is 370 g/mol. The first-order valence-electron chi connectivity index (χ1n) is 6.62. The Morgan fingerprint density at radius 1 is 1.12 bits per heavy atom. The van der Waals surface area contributed by atoms with Gasteiger partial charge in [0, 0.05) is 18.0 Å². The molecule has 2 N–H and O–H groups in total. The van der Waals surface area contributed by atoms with Crippen LogP contribution >= 0.6 is 23.2 Å². The minimum atomic E-state index is -0.785. The molecule has 126 valence electrons. The maximum absolute atomic E-state index is 12.2. The van der Waals surface area contributed by atoms with Gasteiger partial charge in [-0.3, -0.25) is 4.98 Å². The number of nitrogens with zero attached hydrogens (tertiary/aromatic N) is 2. The highest BCUT2D eigenvalue weighted by atomic mass is 35.5. The number of hydrogen-bond acceptors (Lipinski definition) is 6. The Morgan fingerprint density at radius 2 is 1.83 bits per heavy atom. The highest BCUT2D eigenvalue weighted by molar-refractivity contribution is 6.17. The highest BCUT2D eigenvalue weighted by Gasteiger charge is 2.16. The zero-order valence-electron chi connectivity index (χ0n) is 12.3. The molecule has 0 saturated carbocycles. The lowest BCUT2D eigenvalue weighted by Gasteiger charge is -2.10. The molecule has 0 bridgehead atoms. The van der Waals surface area contributed by atoms with E-state index in [9.17, 15) is 4.79 Å². The molecule has 0 radical (unpaired) electrons. The summed E-state index contributed by atoms with van der Waals surface area (Å²) in [5, 5.41) is 3.61. The number of benzene rings is 1. The van der Waals surface area contributed by atoms with E-state index >= 15 is 0 Å². The van der Waals surface area contributed by atoms with E-state index in [-0.39, 0.29) is 29.3 Å². The van der Waals surface area contributed by atoms with Gasteiger partial charge in [0.05, 0.1) is 0 Å². The molecule has 2 rings (SSSR count). The Bertz CT molecular complexity index is 726. The number of carbonyl (C=O) groups excluding carboxylic acids is 1. The summed E-state index contributed by atoms with van der Waals surface area (Å²) >= 11 is 11.0. The molecule has 0 atom stereocenters. The molecule has 7 nitrogen and oxygen atoms in total. The largest absolute Gasteiger partial charge is 0.478 e. The van der Waals surface area contributed by atoms with E-state index in [1.807, 2.05) is 0 Å². The van der Waals surface area contributed by atoms with Crippen molar-refractivity contribution in [2.24, 2.45) is 10.9 Å². The molecule has 0 spiro atoms. The van der Waals surface area contributed by atoms with Crippen LogP contribution in [0.3, 0.4) is 0 Å². The summed E-state index contributed by atoms with van der Waals surface area (Å²) in [7, 11) is 0. The molecule has 0 unspecified atom stereocenters. The van der Waals surface area contributed by atoms with Gasteiger partial charge in [-0.1, -0.05) is 28.4 Å². The van der Waals surface area contributed by atoms with Gasteiger partial charge in [-0.15, -0.1) is 0 Å². The fourth-order valence-electron chi connectivity index (χ4n) is 1.72. The monoisotopic (exact) mass is 369 g/mol. The van der Waals surface area contributed by atoms with Crippen LogP contribution in [0.5, 0.6) is 11.5 Å². The maximum atomic E-state index is 12.2. The lowest BCUT2D eigenvalue weighted by atomic mass is 10.2. The first-order chi connectivity index (χ1) is 11.7. The van der Waals surface area contributed by atoms with Gasteiger partial charge in [0.1, 0.15) is 17.1 Å². The SMILES string of the molecule is N/C(=N/OC(=O)c1cc(OCCl)ccc1OCCl)c1ccncc1. The summed E-state index contributed by atoms with van der Waals surface area (Å²) in [4.78, 5) is 20.9. The fraction of sp³-hybridized carbons (Fsp3) is 0.133. The third-order valence-corrected chi connectivity index (χ3v) is 3.02. The summed E-state index contributed by atoms with van der Waals surface area (Å²) in [6.45, 7) is 0. The summed E-state index contributed by atoms with van der Waals surface area (Å²) in [5.74, 6) is -0.176. The third-order valence-electron chi connectivity index (χ3n) is 2.81. The number of hydrogen-bond donors (Lipinski definition) is 1. The number of carbonyl (C=O) groups is 1. The predicted octanol–water partition coefficient (Wildman–Crippen LogP) is 2.71. The number of alkyl halides is 2. The summed E-state index contributed by atoms with van der Waals surface area (Å²) in [6, 6.07) is 7.54. The Hall–Kier alpha value is -2.51. The third kappa shape index (κ3) is 4.74. The van der Waals surface area contributed by atoms with Gasteiger partial charge in [0.2, 0.25) is 0 Å². The van der Waals surface area contributed by atoms with Crippen molar-refractivity contribution in [1.82, 2.24) is 4.98 Å². The van der Waals surface area contributed by atoms with Crippen molar-refractivity contribution in [3.63, 3.8) is 0 Å². The molecule has 1 aromatic heterocycles. The number of rotatable bonds is 7. The number of nitrogens with two attached hydrogens (primary N) is 1. The van der Waals surface area contributed by atoms with Crippen LogP contribution in [0.1, 0.15) is 15.9 Å². The number of oxime groups is 1. The van der Waals surface area contributed by atoms with E-state index in [4.69, 9.17) is 43.2 Å². The predicted molar refractivity (Wildman–Crippen MR) is 89.5 cm³/mol. The van der Waals surface area contributed by atoms with Crippen LogP contribution in [-0.2, 0) is 4.84 Å².